The van der Waals surface area contributed by atoms with Gasteiger partial charge in [0, 0.05) is 39.6 Å². The Labute approximate surface area is 141 Å². The molecule has 3 rings (SSSR count). The number of sulfone groups is 1. The van der Waals surface area contributed by atoms with Crippen molar-refractivity contribution in [2.24, 2.45) is 14.1 Å². The Morgan fingerprint density at radius 1 is 1.25 bits per heavy atom. The zero-order valence-electron chi connectivity index (χ0n) is 14.0. The normalized spacial score (nSPS) is 16.5. The van der Waals surface area contributed by atoms with Gasteiger partial charge in [-0.25, -0.2) is 13.4 Å². The number of nitrogens with zero attached hydrogens (tertiary/aromatic N) is 5. The predicted octanol–water partition coefficient (Wildman–Crippen LogP) is 0.541. The van der Waals surface area contributed by atoms with Crippen molar-refractivity contribution in [2.75, 3.05) is 13.1 Å². The molecule has 1 aliphatic heterocycles. The average Bonchev–Trinajstić information content (AvgIpc) is 3.12. The van der Waals surface area contributed by atoms with E-state index in [1.54, 1.807) is 35.9 Å². The van der Waals surface area contributed by atoms with Gasteiger partial charge in [0.05, 0.1) is 10.9 Å². The Kier molecular flexibility index (Phi) is 4.20. The van der Waals surface area contributed by atoms with Crippen molar-refractivity contribution in [3.63, 3.8) is 0 Å². The zero-order chi connectivity index (χ0) is 17.5. The summed E-state index contributed by atoms with van der Waals surface area (Å²) in [6.07, 6.45) is 3.93. The standard InChI is InChI=1S/C15H21N5O3S/c1-11-10-13(19(3)17-11)14(21)20-7-4-12(5-8-20)24(22,23)15-16-6-9-18(15)2/h6,9-10,12H,4-5,7-8H2,1-3H3. The van der Waals surface area contributed by atoms with E-state index >= 15 is 0 Å². The van der Waals surface area contributed by atoms with Gasteiger partial charge in [-0.1, -0.05) is 0 Å². The zero-order valence-corrected chi connectivity index (χ0v) is 14.8. The van der Waals surface area contributed by atoms with Crippen molar-refractivity contribution < 1.29 is 13.2 Å². The molecule has 2 aromatic heterocycles. The molecule has 0 atom stereocenters. The highest BCUT2D eigenvalue weighted by atomic mass is 32.2. The molecular formula is C15H21N5O3S. The number of carbonyl (C=O) groups is 1. The molecule has 3 heterocycles. The van der Waals surface area contributed by atoms with Gasteiger partial charge in [-0.15, -0.1) is 0 Å². The molecule has 1 amide bonds. The molecule has 1 fully saturated rings. The number of hydrogen-bond acceptors (Lipinski definition) is 5. The highest BCUT2D eigenvalue weighted by Crippen LogP contribution is 2.24. The molecule has 130 valence electrons. The summed E-state index contributed by atoms with van der Waals surface area (Å²) in [6.45, 7) is 2.66. The maximum atomic E-state index is 12.7. The van der Waals surface area contributed by atoms with E-state index in [2.05, 4.69) is 10.1 Å². The Morgan fingerprint density at radius 2 is 1.92 bits per heavy atom. The van der Waals surface area contributed by atoms with E-state index in [9.17, 15) is 13.2 Å². The number of aromatic nitrogens is 4. The van der Waals surface area contributed by atoms with Gasteiger partial charge in [0.25, 0.3) is 5.91 Å². The van der Waals surface area contributed by atoms with Gasteiger partial charge >= 0.3 is 0 Å². The summed E-state index contributed by atoms with van der Waals surface area (Å²) in [5.74, 6) is -0.106. The molecule has 0 bridgehead atoms. The Hall–Kier alpha value is -2.16. The minimum absolute atomic E-state index is 0.0922. The van der Waals surface area contributed by atoms with Gasteiger partial charge < -0.3 is 9.47 Å². The van der Waals surface area contributed by atoms with Crippen LogP contribution in [0.1, 0.15) is 29.0 Å². The van der Waals surface area contributed by atoms with Gasteiger partial charge in [0.15, 0.2) is 0 Å². The molecule has 0 radical (unpaired) electrons. The largest absolute Gasteiger partial charge is 0.337 e. The lowest BCUT2D eigenvalue weighted by Crippen LogP contribution is -2.43. The first-order valence-electron chi connectivity index (χ1n) is 7.82. The second kappa shape index (κ2) is 6.04. The summed E-state index contributed by atoms with van der Waals surface area (Å²) in [5.41, 5.74) is 1.31. The molecule has 1 aliphatic rings. The first kappa shape index (κ1) is 16.7. The van der Waals surface area contributed by atoms with Crippen molar-refractivity contribution in [3.05, 3.63) is 29.8 Å². The second-order valence-electron chi connectivity index (χ2n) is 6.15. The quantitative estimate of drug-likeness (QED) is 0.805. The lowest BCUT2D eigenvalue weighted by atomic mass is 10.1. The van der Waals surface area contributed by atoms with Crippen LogP contribution in [-0.4, -0.2) is 56.9 Å². The minimum Gasteiger partial charge on any atom is -0.337 e. The van der Waals surface area contributed by atoms with Gasteiger partial charge in [0.2, 0.25) is 15.0 Å². The van der Waals surface area contributed by atoms with Crippen LogP contribution in [0.2, 0.25) is 0 Å². The Morgan fingerprint density at radius 3 is 2.42 bits per heavy atom. The summed E-state index contributed by atoms with van der Waals surface area (Å²) in [7, 11) is -0.0663. The fourth-order valence-corrected chi connectivity index (χ4v) is 4.92. The second-order valence-corrected chi connectivity index (χ2v) is 8.27. The summed E-state index contributed by atoms with van der Waals surface area (Å²) in [6, 6.07) is 1.75. The number of imidazole rings is 1. The van der Waals surface area contributed by atoms with Crippen LogP contribution in [0.15, 0.2) is 23.6 Å². The maximum Gasteiger partial charge on any atom is 0.272 e. The van der Waals surface area contributed by atoms with E-state index in [-0.39, 0.29) is 11.1 Å². The molecule has 0 saturated carbocycles. The number of hydrogen-bond donors (Lipinski definition) is 0. The maximum absolute atomic E-state index is 12.7. The molecule has 0 unspecified atom stereocenters. The van der Waals surface area contributed by atoms with Gasteiger partial charge in [-0.2, -0.15) is 5.10 Å². The van der Waals surface area contributed by atoms with E-state index in [4.69, 9.17) is 0 Å². The van der Waals surface area contributed by atoms with Crippen LogP contribution >= 0.6 is 0 Å². The number of amides is 1. The van der Waals surface area contributed by atoms with Crippen molar-refractivity contribution in [1.29, 1.82) is 0 Å². The smallest absolute Gasteiger partial charge is 0.272 e. The first-order chi connectivity index (χ1) is 11.3. The monoisotopic (exact) mass is 351 g/mol. The molecule has 0 aromatic carbocycles. The van der Waals surface area contributed by atoms with Crippen LogP contribution in [-0.2, 0) is 23.9 Å². The number of piperidine rings is 1. The molecule has 1 saturated heterocycles. The third-order valence-electron chi connectivity index (χ3n) is 4.42. The molecule has 0 N–H and O–H groups in total. The van der Waals surface area contributed by atoms with Crippen molar-refractivity contribution >= 4 is 15.7 Å². The van der Waals surface area contributed by atoms with E-state index in [1.807, 2.05) is 6.92 Å². The van der Waals surface area contributed by atoms with E-state index < -0.39 is 15.1 Å². The molecule has 9 heteroatoms. The SMILES string of the molecule is Cc1cc(C(=O)N2CCC(S(=O)(=O)c3nccn3C)CC2)n(C)n1. The van der Waals surface area contributed by atoms with Crippen molar-refractivity contribution in [2.45, 2.75) is 30.2 Å². The first-order valence-corrected chi connectivity index (χ1v) is 9.36. The Bertz CT molecular complexity index is 860. The fraction of sp³-hybridized carbons (Fsp3) is 0.533. The van der Waals surface area contributed by atoms with Crippen molar-refractivity contribution in [3.8, 4) is 0 Å². The third-order valence-corrected chi connectivity index (χ3v) is 6.67. The van der Waals surface area contributed by atoms with Gasteiger partial charge in [-0.3, -0.25) is 9.48 Å². The average molecular weight is 351 g/mol. The summed E-state index contributed by atoms with van der Waals surface area (Å²) in [4.78, 5) is 18.2. The lowest BCUT2D eigenvalue weighted by Gasteiger charge is -2.31. The van der Waals surface area contributed by atoms with Crippen molar-refractivity contribution in [1.82, 2.24) is 24.2 Å². The third kappa shape index (κ3) is 2.83. The van der Waals surface area contributed by atoms with E-state index in [0.29, 0.717) is 31.6 Å². The predicted molar refractivity (Wildman–Crippen MR) is 87.3 cm³/mol. The minimum atomic E-state index is -3.47. The van der Waals surface area contributed by atoms with E-state index in [0.717, 1.165) is 5.69 Å². The number of aryl methyl sites for hydroxylation is 3. The molecule has 0 aliphatic carbocycles. The molecule has 0 spiro atoms. The summed E-state index contributed by atoms with van der Waals surface area (Å²) >= 11 is 0. The van der Waals surface area contributed by atoms with Crippen LogP contribution < -0.4 is 0 Å². The van der Waals surface area contributed by atoms with Crippen LogP contribution in [0.25, 0.3) is 0 Å². The van der Waals surface area contributed by atoms with Gasteiger partial charge in [0.1, 0.15) is 5.69 Å². The van der Waals surface area contributed by atoms with Gasteiger partial charge in [-0.05, 0) is 25.8 Å². The number of likely N-dealkylation sites (tertiary alicyclic amines) is 1. The lowest BCUT2D eigenvalue weighted by molar-refractivity contribution is 0.0714. The molecule has 2 aromatic rings. The highest BCUT2D eigenvalue weighted by Gasteiger charge is 2.35. The topological polar surface area (TPSA) is 90.1 Å². The Balaban J connectivity index is 1.71. The van der Waals surface area contributed by atoms with Crippen LogP contribution in [0.5, 0.6) is 0 Å². The molecular weight excluding hydrogens is 330 g/mol. The van der Waals surface area contributed by atoms with Crippen LogP contribution in [0.4, 0.5) is 0 Å². The molecule has 8 nitrogen and oxygen atoms in total. The van der Waals surface area contributed by atoms with Crippen LogP contribution in [0, 0.1) is 6.92 Å². The molecule has 24 heavy (non-hydrogen) atoms. The number of carbonyl (C=O) groups excluding carboxylic acids is 1. The number of rotatable bonds is 3. The van der Waals surface area contributed by atoms with E-state index in [1.165, 1.54) is 10.8 Å². The fourth-order valence-electron chi connectivity index (χ4n) is 3.12. The van der Waals surface area contributed by atoms with Crippen LogP contribution in [0.3, 0.4) is 0 Å². The summed E-state index contributed by atoms with van der Waals surface area (Å²) < 4.78 is 28.4. The summed E-state index contributed by atoms with van der Waals surface area (Å²) in [5, 5.41) is 3.78. The highest BCUT2D eigenvalue weighted by molar-refractivity contribution is 7.91.